The highest BCUT2D eigenvalue weighted by atomic mass is 35.5. The molecule has 0 fully saturated rings. The van der Waals surface area contributed by atoms with Crippen LogP contribution < -0.4 is 10.1 Å². The van der Waals surface area contributed by atoms with Crippen LogP contribution in [0, 0.1) is 0 Å². The number of aliphatic carboxylic acids is 1. The van der Waals surface area contributed by atoms with Crippen LogP contribution in [-0.2, 0) is 4.79 Å². The lowest BCUT2D eigenvalue weighted by molar-refractivity contribution is -0.141. The molecule has 20 heavy (non-hydrogen) atoms. The smallest absolute Gasteiger partial charge is 0.326 e. The summed E-state index contributed by atoms with van der Waals surface area (Å²) in [5.74, 6) is -0.548. The maximum absolute atomic E-state index is 12.0. The first-order chi connectivity index (χ1) is 9.40. The minimum absolute atomic E-state index is 0.322. The van der Waals surface area contributed by atoms with Gasteiger partial charge in [-0.15, -0.1) is 0 Å². The van der Waals surface area contributed by atoms with Crippen LogP contribution in [0.25, 0.3) is 0 Å². The van der Waals surface area contributed by atoms with Gasteiger partial charge < -0.3 is 20.1 Å². The minimum Gasteiger partial charge on any atom is -0.495 e. The van der Waals surface area contributed by atoms with Gasteiger partial charge in [0.2, 0.25) is 0 Å². The average Bonchev–Trinajstić information content (AvgIpc) is 2.39. The largest absolute Gasteiger partial charge is 0.495 e. The Morgan fingerprint density at radius 3 is 2.60 bits per heavy atom. The predicted octanol–water partition coefficient (Wildman–Crippen LogP) is 2.68. The summed E-state index contributed by atoms with van der Waals surface area (Å²) in [6, 6.07) is 3.39. The van der Waals surface area contributed by atoms with E-state index in [-0.39, 0.29) is 0 Å². The fourth-order valence-corrected chi connectivity index (χ4v) is 1.97. The van der Waals surface area contributed by atoms with Gasteiger partial charge in [-0.05, 0) is 24.6 Å². The van der Waals surface area contributed by atoms with Crippen molar-refractivity contribution in [2.75, 3.05) is 19.5 Å². The number of nitrogens with one attached hydrogen (secondary N) is 1. The molecule has 1 aromatic rings. The average molecular weight is 301 g/mol. The van der Waals surface area contributed by atoms with Crippen LogP contribution >= 0.6 is 11.6 Å². The summed E-state index contributed by atoms with van der Waals surface area (Å²) in [6.07, 6.45) is 0.322. The van der Waals surface area contributed by atoms with Crippen molar-refractivity contribution >= 4 is 29.3 Å². The molecule has 6 nitrogen and oxygen atoms in total. The number of anilines is 1. The van der Waals surface area contributed by atoms with Crippen molar-refractivity contribution in [2.24, 2.45) is 0 Å². The number of carboxylic acid groups (broad SMARTS) is 1. The molecule has 7 heteroatoms. The fourth-order valence-electron chi connectivity index (χ4n) is 1.71. The van der Waals surface area contributed by atoms with E-state index in [0.717, 1.165) is 4.90 Å². The third-order valence-corrected chi connectivity index (χ3v) is 3.16. The van der Waals surface area contributed by atoms with E-state index in [4.69, 9.17) is 21.4 Å². The molecule has 2 N–H and O–H groups in total. The Balaban J connectivity index is 2.80. The van der Waals surface area contributed by atoms with Crippen LogP contribution in [-0.4, -0.2) is 42.2 Å². The first-order valence-electron chi connectivity index (χ1n) is 6.00. The molecule has 0 aliphatic heterocycles. The first-order valence-corrected chi connectivity index (χ1v) is 6.38. The van der Waals surface area contributed by atoms with Gasteiger partial charge in [0.1, 0.15) is 11.8 Å². The monoisotopic (exact) mass is 300 g/mol. The van der Waals surface area contributed by atoms with Crippen molar-refractivity contribution in [2.45, 2.75) is 19.4 Å². The Kier molecular flexibility index (Phi) is 5.64. The number of carboxylic acids is 1. The first kappa shape index (κ1) is 16.1. The predicted molar refractivity (Wildman–Crippen MR) is 76.5 cm³/mol. The van der Waals surface area contributed by atoms with E-state index in [0.29, 0.717) is 22.9 Å². The third-order valence-electron chi connectivity index (χ3n) is 2.86. The summed E-state index contributed by atoms with van der Waals surface area (Å²) >= 11 is 5.95. The van der Waals surface area contributed by atoms with Crippen molar-refractivity contribution in [3.8, 4) is 5.75 Å². The zero-order chi connectivity index (χ0) is 15.3. The van der Waals surface area contributed by atoms with Crippen molar-refractivity contribution in [3.05, 3.63) is 23.2 Å². The molecule has 1 rings (SSSR count). The summed E-state index contributed by atoms with van der Waals surface area (Å²) in [6.45, 7) is 1.70. The summed E-state index contributed by atoms with van der Waals surface area (Å²) in [5.41, 5.74) is 0.466. The van der Waals surface area contributed by atoms with E-state index in [2.05, 4.69) is 5.32 Å². The molecular formula is C13H17ClN2O4. The Labute approximate surface area is 122 Å². The van der Waals surface area contributed by atoms with Crippen LogP contribution in [0.1, 0.15) is 13.3 Å². The van der Waals surface area contributed by atoms with Gasteiger partial charge in [0.15, 0.2) is 0 Å². The zero-order valence-electron chi connectivity index (χ0n) is 11.5. The second-order valence-corrected chi connectivity index (χ2v) is 4.56. The normalized spacial score (nSPS) is 11.6. The quantitative estimate of drug-likeness (QED) is 0.876. The van der Waals surface area contributed by atoms with E-state index in [1.54, 1.807) is 19.1 Å². The topological polar surface area (TPSA) is 78.9 Å². The molecule has 0 spiro atoms. The number of halogens is 1. The van der Waals surface area contributed by atoms with Crippen LogP contribution in [0.5, 0.6) is 5.75 Å². The summed E-state index contributed by atoms with van der Waals surface area (Å²) < 4.78 is 5.01. The van der Waals surface area contributed by atoms with E-state index in [9.17, 15) is 9.59 Å². The number of carbonyl (C=O) groups excluding carboxylic acids is 1. The van der Waals surface area contributed by atoms with Gasteiger partial charge in [-0.25, -0.2) is 9.59 Å². The molecule has 0 saturated carbocycles. The van der Waals surface area contributed by atoms with Crippen LogP contribution in [0.2, 0.25) is 5.02 Å². The lowest BCUT2D eigenvalue weighted by Crippen LogP contribution is -2.44. The molecule has 0 bridgehead atoms. The molecule has 1 atom stereocenters. The van der Waals surface area contributed by atoms with E-state index < -0.39 is 18.0 Å². The number of methoxy groups -OCH3 is 1. The minimum atomic E-state index is -1.04. The Morgan fingerprint density at radius 1 is 1.50 bits per heavy atom. The van der Waals surface area contributed by atoms with Crippen LogP contribution in [0.4, 0.5) is 10.5 Å². The maximum atomic E-state index is 12.0. The number of hydrogen-bond donors (Lipinski definition) is 2. The van der Waals surface area contributed by atoms with Gasteiger partial charge in [0.05, 0.1) is 12.1 Å². The number of nitrogens with zero attached hydrogens (tertiary/aromatic N) is 1. The molecule has 1 unspecified atom stereocenters. The second-order valence-electron chi connectivity index (χ2n) is 4.15. The summed E-state index contributed by atoms with van der Waals surface area (Å²) in [5, 5.41) is 12.0. The van der Waals surface area contributed by atoms with Crippen molar-refractivity contribution < 1.29 is 19.4 Å². The van der Waals surface area contributed by atoms with E-state index >= 15 is 0 Å². The number of rotatable bonds is 5. The molecule has 110 valence electrons. The lowest BCUT2D eigenvalue weighted by atomic mass is 10.2. The van der Waals surface area contributed by atoms with Gasteiger partial charge in [0, 0.05) is 12.7 Å². The highest BCUT2D eigenvalue weighted by molar-refractivity contribution is 6.32. The number of benzene rings is 1. The van der Waals surface area contributed by atoms with Crippen molar-refractivity contribution in [1.82, 2.24) is 4.90 Å². The number of carbonyl (C=O) groups is 2. The second kappa shape index (κ2) is 7.00. The number of ether oxygens (including phenoxy) is 1. The van der Waals surface area contributed by atoms with Gasteiger partial charge >= 0.3 is 12.0 Å². The Hall–Kier alpha value is -1.95. The lowest BCUT2D eigenvalue weighted by Gasteiger charge is -2.24. The molecular weight excluding hydrogens is 284 g/mol. The van der Waals surface area contributed by atoms with E-state index in [1.807, 2.05) is 0 Å². The molecule has 0 saturated heterocycles. The summed E-state index contributed by atoms with van der Waals surface area (Å²) in [7, 11) is 2.93. The van der Waals surface area contributed by atoms with Gasteiger partial charge in [-0.1, -0.05) is 18.5 Å². The van der Waals surface area contributed by atoms with Crippen molar-refractivity contribution in [3.63, 3.8) is 0 Å². The molecule has 1 aromatic carbocycles. The summed E-state index contributed by atoms with van der Waals surface area (Å²) in [4.78, 5) is 24.1. The third kappa shape index (κ3) is 3.77. The van der Waals surface area contributed by atoms with Gasteiger partial charge in [-0.2, -0.15) is 0 Å². The molecule has 0 aromatic heterocycles. The molecule has 0 aliphatic rings. The molecule has 0 aliphatic carbocycles. The maximum Gasteiger partial charge on any atom is 0.326 e. The highest BCUT2D eigenvalue weighted by Crippen LogP contribution is 2.27. The van der Waals surface area contributed by atoms with Crippen LogP contribution in [0.15, 0.2) is 18.2 Å². The highest BCUT2D eigenvalue weighted by Gasteiger charge is 2.24. The van der Waals surface area contributed by atoms with Crippen molar-refractivity contribution in [1.29, 1.82) is 0 Å². The van der Waals surface area contributed by atoms with Gasteiger partial charge in [0.25, 0.3) is 0 Å². The SMILES string of the molecule is CCC(C(=O)O)N(C)C(=O)Nc1ccc(OC)c(Cl)c1. The fraction of sp³-hybridized carbons (Fsp3) is 0.385. The van der Waals surface area contributed by atoms with Crippen LogP contribution in [0.3, 0.4) is 0 Å². The van der Waals surface area contributed by atoms with E-state index in [1.165, 1.54) is 20.2 Å². The number of amides is 2. The number of hydrogen-bond acceptors (Lipinski definition) is 3. The van der Waals surface area contributed by atoms with Gasteiger partial charge in [-0.3, -0.25) is 0 Å². The Morgan fingerprint density at radius 2 is 2.15 bits per heavy atom. The number of likely N-dealkylation sites (N-methyl/N-ethyl adjacent to an activating group) is 1. The molecule has 2 amide bonds. The Bertz CT molecular complexity index is 507. The number of urea groups is 1. The molecule has 0 heterocycles. The zero-order valence-corrected chi connectivity index (χ0v) is 12.3. The standard InChI is InChI=1S/C13H17ClN2O4/c1-4-10(12(17)18)16(2)13(19)15-8-5-6-11(20-3)9(14)7-8/h5-7,10H,4H2,1-3H3,(H,15,19)(H,17,18). The molecule has 0 radical (unpaired) electrons.